The zero-order valence-corrected chi connectivity index (χ0v) is 10.6. The molecule has 2 nitrogen and oxygen atoms in total. The fourth-order valence-corrected chi connectivity index (χ4v) is 1.80. The van der Waals surface area contributed by atoms with Crippen molar-refractivity contribution in [2.45, 2.75) is 13.0 Å². The van der Waals surface area contributed by atoms with Gasteiger partial charge in [0.2, 0.25) is 0 Å². The predicted octanol–water partition coefficient (Wildman–Crippen LogP) is 2.65. The lowest BCUT2D eigenvalue weighted by atomic mass is 10.2. The largest absolute Gasteiger partial charge is 0.395 e. The molecular weight excluding hydrogens is 299 g/mol. The van der Waals surface area contributed by atoms with E-state index in [1.165, 1.54) is 17.0 Å². The number of halogens is 4. The third-order valence-electron chi connectivity index (χ3n) is 2.22. The van der Waals surface area contributed by atoms with Crippen molar-refractivity contribution in [3.63, 3.8) is 0 Å². The summed E-state index contributed by atoms with van der Waals surface area (Å²) in [6.45, 7) is -0.551. The molecule has 96 valence electrons. The first kappa shape index (κ1) is 14.5. The Balaban J connectivity index is 2.71. The highest BCUT2D eigenvalue weighted by Crippen LogP contribution is 2.17. The molecule has 0 aromatic heterocycles. The molecule has 17 heavy (non-hydrogen) atoms. The topological polar surface area (TPSA) is 23.5 Å². The summed E-state index contributed by atoms with van der Waals surface area (Å²) >= 11 is 3.12. The van der Waals surface area contributed by atoms with Crippen molar-refractivity contribution in [1.82, 2.24) is 4.90 Å². The van der Waals surface area contributed by atoms with E-state index >= 15 is 0 Å². The van der Waals surface area contributed by atoms with Crippen LogP contribution in [0.25, 0.3) is 0 Å². The molecule has 0 radical (unpaired) electrons. The van der Waals surface area contributed by atoms with E-state index < -0.39 is 18.8 Å². The normalized spacial score (nSPS) is 11.5. The van der Waals surface area contributed by atoms with Crippen LogP contribution in [-0.4, -0.2) is 36.1 Å². The van der Waals surface area contributed by atoms with Gasteiger partial charge in [0, 0.05) is 23.1 Å². The lowest BCUT2D eigenvalue weighted by molar-refractivity contribution is 0.0741. The van der Waals surface area contributed by atoms with E-state index in [0.29, 0.717) is 10.0 Å². The Morgan fingerprint density at radius 1 is 1.35 bits per heavy atom. The first-order valence-corrected chi connectivity index (χ1v) is 5.87. The van der Waals surface area contributed by atoms with Crippen molar-refractivity contribution in [3.05, 3.63) is 34.1 Å². The quantitative estimate of drug-likeness (QED) is 0.873. The number of hydrogen-bond donors (Lipinski definition) is 1. The number of aliphatic hydroxyl groups excluding tert-OH is 1. The predicted molar refractivity (Wildman–Crippen MR) is 62.5 cm³/mol. The van der Waals surface area contributed by atoms with Crippen molar-refractivity contribution < 1.29 is 18.3 Å². The van der Waals surface area contributed by atoms with E-state index in [2.05, 4.69) is 15.9 Å². The first-order valence-electron chi connectivity index (χ1n) is 5.08. The molecule has 0 unspecified atom stereocenters. The Hall–Kier alpha value is -0.590. The van der Waals surface area contributed by atoms with Gasteiger partial charge in [0.25, 0.3) is 6.43 Å². The summed E-state index contributed by atoms with van der Waals surface area (Å²) in [5.74, 6) is -0.448. The zero-order chi connectivity index (χ0) is 12.8. The molecule has 0 spiro atoms. The van der Waals surface area contributed by atoms with Crippen LogP contribution in [0.15, 0.2) is 22.7 Å². The van der Waals surface area contributed by atoms with E-state index in [0.717, 1.165) is 0 Å². The average Bonchev–Trinajstić information content (AvgIpc) is 2.21. The second-order valence-corrected chi connectivity index (χ2v) is 4.50. The standard InChI is InChI=1S/C11H13BrF3NO/c12-9-2-1-8(10(13)5-9)6-16(3-4-17)7-11(14)15/h1-2,5,11,17H,3-4,6-7H2. The van der Waals surface area contributed by atoms with Crippen LogP contribution in [0.4, 0.5) is 13.2 Å². The van der Waals surface area contributed by atoms with Gasteiger partial charge in [0.05, 0.1) is 13.2 Å². The fraction of sp³-hybridized carbons (Fsp3) is 0.455. The Labute approximate surface area is 106 Å². The molecule has 0 aliphatic rings. The number of hydrogen-bond acceptors (Lipinski definition) is 2. The van der Waals surface area contributed by atoms with Crippen LogP contribution in [0.5, 0.6) is 0 Å². The van der Waals surface area contributed by atoms with Gasteiger partial charge in [-0.2, -0.15) is 0 Å². The Morgan fingerprint density at radius 3 is 2.59 bits per heavy atom. The van der Waals surface area contributed by atoms with E-state index in [4.69, 9.17) is 5.11 Å². The maximum absolute atomic E-state index is 13.5. The van der Waals surface area contributed by atoms with Gasteiger partial charge in [-0.05, 0) is 12.1 Å². The van der Waals surface area contributed by atoms with Gasteiger partial charge in [-0.3, -0.25) is 4.90 Å². The Kier molecular flexibility index (Phi) is 5.94. The molecule has 1 N–H and O–H groups in total. The van der Waals surface area contributed by atoms with Crippen molar-refractivity contribution in [2.24, 2.45) is 0 Å². The molecule has 0 aliphatic heterocycles. The molecule has 0 saturated heterocycles. The third-order valence-corrected chi connectivity index (χ3v) is 2.71. The van der Waals surface area contributed by atoms with Crippen LogP contribution in [0.2, 0.25) is 0 Å². The summed E-state index contributed by atoms with van der Waals surface area (Å²) in [5, 5.41) is 8.75. The molecule has 0 bridgehead atoms. The minimum absolute atomic E-state index is 0.0595. The highest BCUT2D eigenvalue weighted by Gasteiger charge is 2.14. The monoisotopic (exact) mass is 311 g/mol. The van der Waals surface area contributed by atoms with Crippen molar-refractivity contribution in [3.8, 4) is 0 Å². The van der Waals surface area contributed by atoms with Crippen molar-refractivity contribution in [1.29, 1.82) is 0 Å². The summed E-state index contributed by atoms with van der Waals surface area (Å²) in [7, 11) is 0. The lowest BCUT2D eigenvalue weighted by Gasteiger charge is -2.21. The van der Waals surface area contributed by atoms with Crippen LogP contribution in [0.3, 0.4) is 0 Å². The smallest absolute Gasteiger partial charge is 0.251 e. The number of alkyl halides is 2. The van der Waals surface area contributed by atoms with Crippen LogP contribution < -0.4 is 0 Å². The molecule has 0 amide bonds. The molecule has 1 aromatic rings. The van der Waals surface area contributed by atoms with Crippen molar-refractivity contribution >= 4 is 15.9 Å². The molecule has 0 aliphatic carbocycles. The van der Waals surface area contributed by atoms with Crippen molar-refractivity contribution in [2.75, 3.05) is 19.7 Å². The summed E-state index contributed by atoms with van der Waals surface area (Å²) in [5.41, 5.74) is 0.335. The molecule has 0 heterocycles. The van der Waals surface area contributed by atoms with E-state index in [1.54, 1.807) is 6.07 Å². The molecule has 0 saturated carbocycles. The summed E-state index contributed by atoms with van der Waals surface area (Å²) < 4.78 is 38.6. The van der Waals surface area contributed by atoms with E-state index in [1.807, 2.05) is 0 Å². The molecule has 0 atom stereocenters. The van der Waals surface area contributed by atoms with Crippen LogP contribution in [0, 0.1) is 5.82 Å². The number of aliphatic hydroxyl groups is 1. The second-order valence-electron chi connectivity index (χ2n) is 3.59. The molecule has 1 rings (SSSR count). The van der Waals surface area contributed by atoms with Gasteiger partial charge in [-0.15, -0.1) is 0 Å². The minimum atomic E-state index is -2.50. The molecule has 6 heteroatoms. The van der Waals surface area contributed by atoms with Crippen LogP contribution in [0.1, 0.15) is 5.56 Å². The summed E-state index contributed by atoms with van der Waals surface area (Å²) in [4.78, 5) is 1.32. The fourth-order valence-electron chi connectivity index (χ4n) is 1.46. The van der Waals surface area contributed by atoms with Crippen LogP contribution in [-0.2, 0) is 6.54 Å². The van der Waals surface area contributed by atoms with E-state index in [9.17, 15) is 13.2 Å². The Morgan fingerprint density at radius 2 is 2.06 bits per heavy atom. The highest BCUT2D eigenvalue weighted by molar-refractivity contribution is 9.10. The summed E-state index contributed by atoms with van der Waals surface area (Å²) in [6.07, 6.45) is -2.50. The zero-order valence-electron chi connectivity index (χ0n) is 9.04. The van der Waals surface area contributed by atoms with Gasteiger partial charge >= 0.3 is 0 Å². The SMILES string of the molecule is OCCN(Cc1ccc(Br)cc1F)CC(F)F. The maximum atomic E-state index is 13.5. The molecular formula is C11H13BrF3NO. The van der Waals surface area contributed by atoms with Gasteiger partial charge in [-0.25, -0.2) is 13.2 Å². The van der Waals surface area contributed by atoms with E-state index in [-0.39, 0.29) is 19.7 Å². The van der Waals surface area contributed by atoms with Gasteiger partial charge in [0.1, 0.15) is 5.82 Å². The molecule has 1 aromatic carbocycles. The summed E-state index contributed by atoms with van der Waals surface area (Å²) in [6, 6.07) is 4.47. The average molecular weight is 312 g/mol. The van der Waals surface area contributed by atoms with Crippen LogP contribution >= 0.6 is 15.9 Å². The number of rotatable bonds is 6. The minimum Gasteiger partial charge on any atom is -0.395 e. The Bertz CT molecular complexity index is 363. The maximum Gasteiger partial charge on any atom is 0.251 e. The molecule has 0 fully saturated rings. The van der Waals surface area contributed by atoms with Gasteiger partial charge < -0.3 is 5.11 Å². The van der Waals surface area contributed by atoms with Gasteiger partial charge in [0.15, 0.2) is 0 Å². The first-order chi connectivity index (χ1) is 8.02. The number of benzene rings is 1. The third kappa shape index (κ3) is 5.06. The van der Waals surface area contributed by atoms with Gasteiger partial charge in [-0.1, -0.05) is 22.0 Å². The number of nitrogens with zero attached hydrogens (tertiary/aromatic N) is 1. The lowest BCUT2D eigenvalue weighted by Crippen LogP contribution is -2.31. The highest BCUT2D eigenvalue weighted by atomic mass is 79.9. The second kappa shape index (κ2) is 6.98.